The van der Waals surface area contributed by atoms with Crippen LogP contribution in [0.5, 0.6) is 0 Å². The summed E-state index contributed by atoms with van der Waals surface area (Å²) < 4.78 is 72.8. The van der Waals surface area contributed by atoms with Crippen LogP contribution >= 0.6 is 0 Å². The minimum atomic E-state index is -1.36. The van der Waals surface area contributed by atoms with E-state index in [2.05, 4.69) is 27.5 Å². The fourth-order valence-corrected chi connectivity index (χ4v) is 11.3. The van der Waals surface area contributed by atoms with E-state index in [9.17, 15) is 28.8 Å². The van der Waals surface area contributed by atoms with Crippen LogP contribution in [0, 0.1) is 23.7 Å². The summed E-state index contributed by atoms with van der Waals surface area (Å²) in [6.07, 6.45) is -6.15. The first-order valence-corrected chi connectivity index (χ1v) is 27.0. The van der Waals surface area contributed by atoms with Gasteiger partial charge in [-0.15, -0.1) is 10.2 Å². The van der Waals surface area contributed by atoms with Gasteiger partial charge in [0, 0.05) is 65.5 Å². The number of carbonyl (C=O) groups excluding carboxylic acids is 6. The van der Waals surface area contributed by atoms with Gasteiger partial charge in [0.2, 0.25) is 5.91 Å². The summed E-state index contributed by atoms with van der Waals surface area (Å²) in [7, 11) is 0. The zero-order valence-electron chi connectivity index (χ0n) is 47.2. The molecule has 0 spiro atoms. The maximum absolute atomic E-state index is 14.0. The Bertz CT molecular complexity index is 2380. The molecule has 6 rings (SSSR count). The van der Waals surface area contributed by atoms with Crippen LogP contribution in [0.25, 0.3) is 0 Å². The highest BCUT2D eigenvalue weighted by molar-refractivity contribution is 5.75. The van der Waals surface area contributed by atoms with E-state index < -0.39 is 134 Å². The van der Waals surface area contributed by atoms with Crippen LogP contribution in [-0.2, 0) is 107 Å². The van der Waals surface area contributed by atoms with Crippen molar-refractivity contribution in [1.29, 1.82) is 0 Å². The molecule has 0 unspecified atom stereocenters. The third-order valence-corrected chi connectivity index (χ3v) is 15.1. The smallest absolute Gasteiger partial charge is 0.303 e. The average Bonchev–Trinajstić information content (AvgIpc) is 4.06. The van der Waals surface area contributed by atoms with Crippen molar-refractivity contribution in [1.82, 2.24) is 34.9 Å². The van der Waals surface area contributed by atoms with Gasteiger partial charge in [0.15, 0.2) is 43.3 Å². The topological polar surface area (TPSA) is 269 Å². The molecule has 0 saturated carbocycles. The van der Waals surface area contributed by atoms with Crippen LogP contribution in [0.3, 0.4) is 0 Å². The van der Waals surface area contributed by atoms with E-state index in [1.807, 2.05) is 60.7 Å². The van der Waals surface area contributed by atoms with E-state index in [0.29, 0.717) is 25.2 Å². The highest BCUT2D eigenvalue weighted by Gasteiger charge is 2.57. The van der Waals surface area contributed by atoms with Gasteiger partial charge in [-0.3, -0.25) is 38.1 Å². The molecular weight excluding hydrogens is 1010 g/mol. The van der Waals surface area contributed by atoms with Gasteiger partial charge in [-0.2, -0.15) is 0 Å². The Balaban J connectivity index is 1.24. The zero-order chi connectivity index (χ0) is 56.6. The minimum absolute atomic E-state index is 0.0820. The van der Waals surface area contributed by atoms with E-state index in [1.54, 1.807) is 27.4 Å². The van der Waals surface area contributed by atoms with Crippen molar-refractivity contribution in [2.24, 2.45) is 23.7 Å². The van der Waals surface area contributed by atoms with Crippen LogP contribution in [0.2, 0.25) is 0 Å². The summed E-state index contributed by atoms with van der Waals surface area (Å²) in [5.41, 5.74) is 2.43. The summed E-state index contributed by atoms with van der Waals surface area (Å²) in [5, 5.41) is 16.7. The quantitative estimate of drug-likeness (QED) is 0.0941. The molecule has 0 radical (unpaired) electrons. The van der Waals surface area contributed by atoms with Crippen molar-refractivity contribution in [3.63, 3.8) is 0 Å². The molecule has 24 heteroatoms. The molecule has 2 aromatic rings. The van der Waals surface area contributed by atoms with Crippen LogP contribution in [0.4, 0.5) is 0 Å². The number of rotatable bonds is 21. The summed E-state index contributed by atoms with van der Waals surface area (Å²) >= 11 is 0. The van der Waals surface area contributed by atoms with Gasteiger partial charge in [-0.25, -0.2) is 0 Å². The van der Waals surface area contributed by atoms with Gasteiger partial charge >= 0.3 is 29.8 Å². The summed E-state index contributed by atoms with van der Waals surface area (Å²) in [6.45, 7) is 25.9. The number of esters is 5. The third kappa shape index (κ3) is 14.6. The molecule has 3 saturated heterocycles. The lowest BCUT2D eigenvalue weighted by Crippen LogP contribution is -2.67. The lowest BCUT2D eigenvalue weighted by molar-refractivity contribution is -0.368. The van der Waals surface area contributed by atoms with E-state index in [4.69, 9.17) is 52.1 Å². The van der Waals surface area contributed by atoms with Crippen molar-refractivity contribution in [3.8, 4) is 0 Å². The van der Waals surface area contributed by atoms with E-state index in [0.717, 1.165) is 24.1 Å². The number of hydrogen-bond donors (Lipinski definition) is 0. The molecule has 19 atom stereocenters. The molecule has 4 aliphatic rings. The Kier molecular flexibility index (Phi) is 21.3. The van der Waals surface area contributed by atoms with Crippen LogP contribution in [0.1, 0.15) is 135 Å². The first kappa shape index (κ1) is 60.8. The van der Waals surface area contributed by atoms with E-state index in [-0.39, 0.29) is 30.8 Å². The van der Waals surface area contributed by atoms with Crippen molar-refractivity contribution in [3.05, 3.63) is 35.4 Å². The number of nitrogens with zero attached hydrogens (tertiary/aromatic N) is 7. The third-order valence-electron chi connectivity index (χ3n) is 15.1. The predicted molar refractivity (Wildman–Crippen MR) is 269 cm³/mol. The Labute approximate surface area is 450 Å². The highest BCUT2D eigenvalue weighted by atomic mass is 16.8. The standard InChI is InChI=1S/C53H81N7O17/c1-16-37-22-40(44(69-32(11)62)27(6)26(37)5)60(31(10)61)43-28(7)46(70-33(12)63)52(68-30(43)9)76-45-29(8)47(71-34(13)64)53(75-41(45)18-3)77-48-42(19-4)74-51(50(73-36(15)66)49(48)72-35(14)65)67-25-39-24-59(57-55-39)21-20-58-23-38(17-2)54-56-58/h22-24,26-30,40-53H,16-21,25H2,1-15H3/t26-,27-,28-,29-,30+,40-,41+,42+,43-,44+,45-,46+,47+,48+,49-,50+,51+,52+,53+/m0/s1. The Morgan fingerprint density at radius 3 is 1.56 bits per heavy atom. The highest BCUT2D eigenvalue weighted by Crippen LogP contribution is 2.43. The van der Waals surface area contributed by atoms with Gasteiger partial charge in [0.1, 0.15) is 17.9 Å². The number of aromatic nitrogens is 6. The molecule has 1 amide bonds. The molecule has 0 bridgehead atoms. The number of carbonyl (C=O) groups is 6. The van der Waals surface area contributed by atoms with E-state index >= 15 is 0 Å². The van der Waals surface area contributed by atoms with Crippen molar-refractivity contribution in [2.45, 2.75) is 241 Å². The second-order valence-electron chi connectivity index (χ2n) is 20.7. The molecule has 0 aromatic carbocycles. The number of amides is 1. The zero-order valence-corrected chi connectivity index (χ0v) is 47.2. The van der Waals surface area contributed by atoms with Gasteiger partial charge in [0.25, 0.3) is 0 Å². The molecule has 3 aliphatic heterocycles. The molecule has 5 heterocycles. The summed E-state index contributed by atoms with van der Waals surface area (Å²) in [5.74, 6) is -4.83. The molecule has 2 aromatic heterocycles. The molecule has 1 aliphatic carbocycles. The van der Waals surface area contributed by atoms with Crippen LogP contribution in [0.15, 0.2) is 24.0 Å². The van der Waals surface area contributed by atoms with Crippen LogP contribution in [-0.4, -0.2) is 163 Å². The normalized spacial score (nSPS) is 34.3. The largest absolute Gasteiger partial charge is 0.460 e. The molecule has 3 fully saturated rings. The molecule has 77 heavy (non-hydrogen) atoms. The number of aryl methyl sites for hydroxylation is 3. The van der Waals surface area contributed by atoms with Gasteiger partial charge in [-0.05, 0) is 38.5 Å². The van der Waals surface area contributed by atoms with Crippen molar-refractivity contribution in [2.75, 3.05) is 0 Å². The lowest BCUT2D eigenvalue weighted by Gasteiger charge is -2.53. The summed E-state index contributed by atoms with van der Waals surface area (Å²) in [6, 6.07) is -1.34. The molecule has 0 N–H and O–H groups in total. The predicted octanol–water partition coefficient (Wildman–Crippen LogP) is 4.57. The van der Waals surface area contributed by atoms with Gasteiger partial charge in [-0.1, -0.05) is 77.5 Å². The Hall–Kier alpha value is -5.40. The second-order valence-corrected chi connectivity index (χ2v) is 20.7. The number of allylic oxidation sites excluding steroid dienone is 1. The monoisotopic (exact) mass is 1090 g/mol. The maximum atomic E-state index is 14.0. The first-order valence-electron chi connectivity index (χ1n) is 27.0. The number of ether oxygens (including phenoxy) is 11. The minimum Gasteiger partial charge on any atom is -0.460 e. The van der Waals surface area contributed by atoms with Crippen molar-refractivity contribution < 1.29 is 80.9 Å². The lowest BCUT2D eigenvalue weighted by atomic mass is 9.74. The van der Waals surface area contributed by atoms with Gasteiger partial charge < -0.3 is 57.0 Å². The summed E-state index contributed by atoms with van der Waals surface area (Å²) in [4.78, 5) is 79.9. The Morgan fingerprint density at radius 2 is 1.03 bits per heavy atom. The SMILES string of the molecule is CCC1=C[C@H](N(C(C)=O)[C@H]2[C@H](C)[C@@H](OC(C)=O)[C@@H](O[C@H]3[C@H](C)[C@@H](OC(C)=O)[C@@H](O[C@H]4[C@H](OC(C)=O)[C@@H](OC(C)=O)[C@H](OCc5cn(CCn6cc(CC)nn6)nn5)O[C@@H]4CC)O[C@@H]3CC)O[C@@H]2C)[C@H](OC(C)=O)[C@@H](C)[C@@H]1C. The van der Waals surface area contributed by atoms with Gasteiger partial charge in [0.05, 0.1) is 68.1 Å². The van der Waals surface area contributed by atoms with Crippen molar-refractivity contribution >= 4 is 35.8 Å². The Morgan fingerprint density at radius 1 is 0.545 bits per heavy atom. The average molecular weight is 1090 g/mol. The maximum Gasteiger partial charge on any atom is 0.303 e. The van der Waals surface area contributed by atoms with E-state index in [1.165, 1.54) is 41.5 Å². The number of hydrogen-bond acceptors (Lipinski definition) is 21. The first-order chi connectivity index (χ1) is 36.5. The molecule has 430 valence electrons. The fraction of sp³-hybridized carbons (Fsp3) is 0.774. The van der Waals surface area contributed by atoms with Crippen LogP contribution < -0.4 is 0 Å². The molecule has 24 nitrogen and oxygen atoms in total. The fourth-order valence-electron chi connectivity index (χ4n) is 11.3. The molecular formula is C53H81N7O17. The second kappa shape index (κ2) is 27.0.